The van der Waals surface area contributed by atoms with E-state index in [-0.39, 0.29) is 10.5 Å². The van der Waals surface area contributed by atoms with E-state index < -0.39 is 15.8 Å². The van der Waals surface area contributed by atoms with Gasteiger partial charge in [0.15, 0.2) is 5.89 Å². The lowest BCUT2D eigenvalue weighted by Crippen LogP contribution is -2.13. The molecule has 0 aliphatic carbocycles. The van der Waals surface area contributed by atoms with Crippen LogP contribution in [0.2, 0.25) is 0 Å². The van der Waals surface area contributed by atoms with E-state index in [4.69, 9.17) is 4.42 Å². The van der Waals surface area contributed by atoms with Crippen LogP contribution in [0.15, 0.2) is 51.8 Å². The molecule has 0 aliphatic rings. The Kier molecular flexibility index (Phi) is 4.34. The van der Waals surface area contributed by atoms with E-state index in [1.165, 1.54) is 19.1 Å². The first-order valence-electron chi connectivity index (χ1n) is 7.60. The van der Waals surface area contributed by atoms with Gasteiger partial charge in [-0.1, -0.05) is 12.1 Å². The molecule has 7 heteroatoms. The lowest BCUT2D eigenvalue weighted by Gasteiger charge is -2.09. The summed E-state index contributed by atoms with van der Waals surface area (Å²) in [6, 6.07) is 10.5. The molecule has 0 fully saturated rings. The average molecular weight is 360 g/mol. The van der Waals surface area contributed by atoms with Crippen molar-refractivity contribution in [1.82, 2.24) is 4.98 Å². The number of nitrogens with zero attached hydrogens (tertiary/aromatic N) is 1. The summed E-state index contributed by atoms with van der Waals surface area (Å²) >= 11 is 0. The van der Waals surface area contributed by atoms with Crippen molar-refractivity contribution in [1.29, 1.82) is 0 Å². The number of anilines is 1. The van der Waals surface area contributed by atoms with E-state index in [2.05, 4.69) is 9.71 Å². The van der Waals surface area contributed by atoms with Crippen LogP contribution in [0.5, 0.6) is 0 Å². The Hall–Kier alpha value is -2.67. The third-order valence-corrected chi connectivity index (χ3v) is 5.13. The van der Waals surface area contributed by atoms with Crippen LogP contribution in [0.4, 0.5) is 10.1 Å². The third kappa shape index (κ3) is 3.56. The molecule has 3 rings (SSSR count). The molecule has 0 bridgehead atoms. The monoisotopic (exact) mass is 360 g/mol. The molecule has 1 heterocycles. The average Bonchev–Trinajstić information content (AvgIpc) is 2.89. The Morgan fingerprint density at radius 3 is 2.28 bits per heavy atom. The summed E-state index contributed by atoms with van der Waals surface area (Å²) in [7, 11) is -3.78. The summed E-state index contributed by atoms with van der Waals surface area (Å²) in [5.74, 6) is 0.832. The van der Waals surface area contributed by atoms with Crippen molar-refractivity contribution in [3.05, 3.63) is 65.5 Å². The molecule has 1 N–H and O–H groups in total. The molecule has 0 aliphatic heterocycles. The van der Waals surface area contributed by atoms with E-state index >= 15 is 0 Å². The van der Waals surface area contributed by atoms with Gasteiger partial charge in [0.1, 0.15) is 17.3 Å². The summed E-state index contributed by atoms with van der Waals surface area (Å²) in [6.07, 6.45) is 0. The first-order valence-corrected chi connectivity index (χ1v) is 9.08. The van der Waals surface area contributed by atoms with Gasteiger partial charge in [-0.2, -0.15) is 0 Å². The molecule has 0 saturated carbocycles. The number of aryl methyl sites for hydroxylation is 3. The predicted octanol–water partition coefficient (Wildman–Crippen LogP) is 4.21. The van der Waals surface area contributed by atoms with Crippen LogP contribution in [-0.4, -0.2) is 13.4 Å². The highest BCUT2D eigenvalue weighted by atomic mass is 32.2. The summed E-state index contributed by atoms with van der Waals surface area (Å²) in [5.41, 5.74) is 2.23. The topological polar surface area (TPSA) is 72.2 Å². The van der Waals surface area contributed by atoms with E-state index in [9.17, 15) is 12.8 Å². The van der Waals surface area contributed by atoms with Crippen LogP contribution < -0.4 is 4.72 Å². The highest BCUT2D eigenvalue weighted by Gasteiger charge is 2.16. The number of rotatable bonds is 4. The van der Waals surface area contributed by atoms with Gasteiger partial charge in [0.2, 0.25) is 0 Å². The number of sulfonamides is 1. The quantitative estimate of drug-likeness (QED) is 0.757. The molecule has 3 aromatic rings. The number of oxazole rings is 1. The maximum absolute atomic E-state index is 13.3. The molecular weight excluding hydrogens is 343 g/mol. The van der Waals surface area contributed by atoms with Gasteiger partial charge in [0.05, 0.1) is 4.90 Å². The first kappa shape index (κ1) is 17.2. The van der Waals surface area contributed by atoms with Gasteiger partial charge in [-0.05, 0) is 49.7 Å². The Bertz CT molecular complexity index is 1020. The molecule has 2 aromatic carbocycles. The SMILES string of the molecule is Cc1nc(-c2ccc(NS(=O)(=O)c3ccc(F)c(C)c3)cc2)c(C)o1. The predicted molar refractivity (Wildman–Crippen MR) is 93.4 cm³/mol. The van der Waals surface area contributed by atoms with Crippen molar-refractivity contribution in [2.45, 2.75) is 25.7 Å². The highest BCUT2D eigenvalue weighted by molar-refractivity contribution is 7.92. The molecule has 130 valence electrons. The van der Waals surface area contributed by atoms with Crippen molar-refractivity contribution in [3.63, 3.8) is 0 Å². The fourth-order valence-corrected chi connectivity index (χ4v) is 3.63. The maximum atomic E-state index is 13.3. The van der Waals surface area contributed by atoms with Crippen LogP contribution in [0.1, 0.15) is 17.2 Å². The lowest BCUT2D eigenvalue weighted by atomic mass is 10.1. The zero-order valence-electron chi connectivity index (χ0n) is 14.0. The molecule has 0 saturated heterocycles. The van der Waals surface area contributed by atoms with Gasteiger partial charge in [-0.3, -0.25) is 4.72 Å². The van der Waals surface area contributed by atoms with Crippen LogP contribution in [-0.2, 0) is 10.0 Å². The number of hydrogen-bond donors (Lipinski definition) is 1. The number of nitrogens with one attached hydrogen (secondary N) is 1. The second-order valence-electron chi connectivity index (χ2n) is 5.73. The Balaban J connectivity index is 1.85. The smallest absolute Gasteiger partial charge is 0.261 e. The van der Waals surface area contributed by atoms with Crippen molar-refractivity contribution in [2.75, 3.05) is 4.72 Å². The minimum Gasteiger partial charge on any atom is -0.446 e. The van der Waals surface area contributed by atoms with Crippen LogP contribution in [0, 0.1) is 26.6 Å². The fourth-order valence-electron chi connectivity index (χ4n) is 2.49. The van der Waals surface area contributed by atoms with E-state index in [1.807, 2.05) is 6.92 Å². The Morgan fingerprint density at radius 1 is 1.04 bits per heavy atom. The van der Waals surface area contributed by atoms with Gasteiger partial charge in [-0.25, -0.2) is 17.8 Å². The summed E-state index contributed by atoms with van der Waals surface area (Å²) in [4.78, 5) is 4.32. The molecule has 0 amide bonds. The van der Waals surface area contributed by atoms with Gasteiger partial charge in [0, 0.05) is 18.2 Å². The van der Waals surface area contributed by atoms with Crippen molar-refractivity contribution >= 4 is 15.7 Å². The van der Waals surface area contributed by atoms with Crippen LogP contribution in [0.25, 0.3) is 11.3 Å². The van der Waals surface area contributed by atoms with E-state index in [1.54, 1.807) is 31.2 Å². The van der Waals surface area contributed by atoms with Crippen LogP contribution in [0.3, 0.4) is 0 Å². The Morgan fingerprint density at radius 2 is 1.72 bits per heavy atom. The standard InChI is InChI=1S/C18H17FN2O3S/c1-11-10-16(8-9-17(11)19)25(22,23)21-15-6-4-14(5-7-15)18-12(2)24-13(3)20-18/h4-10,21H,1-3H3. The van der Waals surface area contributed by atoms with Gasteiger partial charge in [-0.15, -0.1) is 0 Å². The van der Waals surface area contributed by atoms with Crippen molar-refractivity contribution in [2.24, 2.45) is 0 Å². The minimum atomic E-state index is -3.78. The molecular formula is C18H17FN2O3S. The fraction of sp³-hybridized carbons (Fsp3) is 0.167. The maximum Gasteiger partial charge on any atom is 0.261 e. The first-order chi connectivity index (χ1) is 11.8. The minimum absolute atomic E-state index is 0.0125. The molecule has 0 atom stereocenters. The highest BCUT2D eigenvalue weighted by Crippen LogP contribution is 2.25. The van der Waals surface area contributed by atoms with E-state index in [0.717, 1.165) is 17.3 Å². The molecule has 25 heavy (non-hydrogen) atoms. The van der Waals surface area contributed by atoms with E-state index in [0.29, 0.717) is 17.3 Å². The summed E-state index contributed by atoms with van der Waals surface area (Å²) < 4.78 is 46.0. The molecule has 1 aromatic heterocycles. The van der Waals surface area contributed by atoms with Gasteiger partial charge in [0.25, 0.3) is 10.0 Å². The lowest BCUT2D eigenvalue weighted by molar-refractivity contribution is 0.495. The van der Waals surface area contributed by atoms with Gasteiger partial charge >= 0.3 is 0 Å². The number of aromatic nitrogens is 1. The zero-order valence-corrected chi connectivity index (χ0v) is 14.8. The second-order valence-corrected chi connectivity index (χ2v) is 7.41. The summed E-state index contributed by atoms with van der Waals surface area (Å²) in [5, 5.41) is 0. The van der Waals surface area contributed by atoms with Crippen molar-refractivity contribution < 1.29 is 17.2 Å². The third-order valence-electron chi connectivity index (χ3n) is 3.75. The number of benzene rings is 2. The largest absolute Gasteiger partial charge is 0.446 e. The second kappa shape index (κ2) is 6.33. The molecule has 0 unspecified atom stereocenters. The normalized spacial score (nSPS) is 11.5. The number of halogens is 1. The Labute approximate surface area is 145 Å². The summed E-state index contributed by atoms with van der Waals surface area (Å²) in [6.45, 7) is 5.11. The van der Waals surface area contributed by atoms with Gasteiger partial charge < -0.3 is 4.42 Å². The molecule has 0 radical (unpaired) electrons. The van der Waals surface area contributed by atoms with Crippen LogP contribution >= 0.6 is 0 Å². The molecule has 0 spiro atoms. The number of hydrogen-bond acceptors (Lipinski definition) is 4. The van der Waals surface area contributed by atoms with Crippen molar-refractivity contribution in [3.8, 4) is 11.3 Å². The molecule has 5 nitrogen and oxygen atoms in total. The zero-order chi connectivity index (χ0) is 18.2.